The summed E-state index contributed by atoms with van der Waals surface area (Å²) >= 11 is 5.87. The van der Waals surface area contributed by atoms with Gasteiger partial charge in [-0.3, -0.25) is 4.72 Å². The highest BCUT2D eigenvalue weighted by Crippen LogP contribution is 2.22. The molecule has 1 aromatic heterocycles. The number of aryl methyl sites for hydroxylation is 2. The van der Waals surface area contributed by atoms with E-state index in [0.717, 1.165) is 11.3 Å². The predicted molar refractivity (Wildman–Crippen MR) is 87.7 cm³/mol. The van der Waals surface area contributed by atoms with Crippen LogP contribution in [0.4, 0.5) is 5.69 Å². The molecule has 3 aromatic rings. The summed E-state index contributed by atoms with van der Waals surface area (Å²) < 4.78 is 29.3. The molecular weight excluding hydrogens is 322 g/mol. The van der Waals surface area contributed by atoms with E-state index < -0.39 is 10.0 Å². The summed E-state index contributed by atoms with van der Waals surface area (Å²) in [6.45, 7) is 1.87. The van der Waals surface area contributed by atoms with Crippen molar-refractivity contribution in [2.45, 2.75) is 11.8 Å². The lowest BCUT2D eigenvalue weighted by Crippen LogP contribution is -2.12. The van der Waals surface area contributed by atoms with Gasteiger partial charge >= 0.3 is 0 Å². The van der Waals surface area contributed by atoms with Gasteiger partial charge in [-0.2, -0.15) is 0 Å². The molecule has 0 aliphatic rings. The van der Waals surface area contributed by atoms with Gasteiger partial charge in [0.2, 0.25) is 0 Å². The second-order valence-corrected chi connectivity index (χ2v) is 7.10. The summed E-state index contributed by atoms with van der Waals surface area (Å²) in [6, 6.07) is 11.5. The van der Waals surface area contributed by atoms with Gasteiger partial charge < -0.3 is 4.57 Å². The highest BCUT2D eigenvalue weighted by Gasteiger charge is 2.16. The van der Waals surface area contributed by atoms with Crippen molar-refractivity contribution in [3.63, 3.8) is 0 Å². The normalized spacial score (nSPS) is 11.8. The van der Waals surface area contributed by atoms with E-state index in [2.05, 4.69) is 9.71 Å². The molecule has 1 N–H and O–H groups in total. The number of sulfonamides is 1. The fourth-order valence-electron chi connectivity index (χ4n) is 2.23. The lowest BCUT2D eigenvalue weighted by molar-refractivity contribution is 0.601. The molecule has 5 nitrogen and oxygen atoms in total. The van der Waals surface area contributed by atoms with E-state index in [9.17, 15) is 8.42 Å². The molecule has 0 saturated carbocycles. The zero-order valence-corrected chi connectivity index (χ0v) is 13.6. The molecule has 114 valence electrons. The number of hydrogen-bond acceptors (Lipinski definition) is 3. The number of aromatic nitrogens is 2. The summed E-state index contributed by atoms with van der Waals surface area (Å²) in [5.41, 5.74) is 1.96. The van der Waals surface area contributed by atoms with E-state index in [1.54, 1.807) is 42.5 Å². The van der Waals surface area contributed by atoms with E-state index in [4.69, 9.17) is 11.6 Å². The maximum absolute atomic E-state index is 12.5. The van der Waals surface area contributed by atoms with Gasteiger partial charge in [0.05, 0.1) is 21.6 Å². The number of halogens is 1. The summed E-state index contributed by atoms with van der Waals surface area (Å²) in [5.74, 6) is 0.826. The summed E-state index contributed by atoms with van der Waals surface area (Å²) in [5, 5.41) is 0.469. The molecular formula is C15H14ClN3O2S. The Morgan fingerprint density at radius 3 is 2.68 bits per heavy atom. The molecule has 0 unspecified atom stereocenters. The van der Waals surface area contributed by atoms with E-state index in [-0.39, 0.29) is 4.90 Å². The molecule has 0 spiro atoms. The van der Waals surface area contributed by atoms with E-state index in [1.165, 1.54) is 0 Å². The van der Waals surface area contributed by atoms with Gasteiger partial charge in [-0.05, 0) is 43.3 Å². The standard InChI is InChI=1S/C15H14ClN3O2S/c1-10-17-14-9-13(6-7-15(14)19(10)2)22(20,21)18-12-5-3-4-11(16)8-12/h3-9,18H,1-2H3. The number of fused-ring (bicyclic) bond motifs is 1. The number of hydrogen-bond donors (Lipinski definition) is 1. The third kappa shape index (κ3) is 2.67. The van der Waals surface area contributed by atoms with Gasteiger partial charge in [-0.25, -0.2) is 13.4 Å². The van der Waals surface area contributed by atoms with Crippen LogP contribution in [-0.4, -0.2) is 18.0 Å². The third-order valence-electron chi connectivity index (χ3n) is 3.46. The zero-order chi connectivity index (χ0) is 15.9. The molecule has 0 bridgehead atoms. The predicted octanol–water partition coefficient (Wildman–Crippen LogP) is 3.34. The summed E-state index contributed by atoms with van der Waals surface area (Å²) in [7, 11) is -1.79. The minimum atomic E-state index is -3.68. The van der Waals surface area contributed by atoms with Crippen molar-refractivity contribution in [3.8, 4) is 0 Å². The van der Waals surface area contributed by atoms with Gasteiger partial charge in [0, 0.05) is 12.1 Å². The second-order valence-electron chi connectivity index (χ2n) is 4.98. The highest BCUT2D eigenvalue weighted by atomic mass is 35.5. The molecule has 0 saturated heterocycles. The first-order chi connectivity index (χ1) is 10.4. The summed E-state index contributed by atoms with van der Waals surface area (Å²) in [4.78, 5) is 4.52. The zero-order valence-electron chi connectivity index (χ0n) is 12.0. The van der Waals surface area contributed by atoms with Gasteiger partial charge in [0.1, 0.15) is 5.82 Å². The Kier molecular flexibility index (Phi) is 3.58. The molecule has 0 radical (unpaired) electrons. The van der Waals surface area contributed by atoms with E-state index in [1.807, 2.05) is 18.5 Å². The monoisotopic (exact) mass is 335 g/mol. The van der Waals surface area contributed by atoms with Crippen LogP contribution in [0.1, 0.15) is 5.82 Å². The number of nitrogens with one attached hydrogen (secondary N) is 1. The minimum Gasteiger partial charge on any atom is -0.331 e. The molecule has 0 aliphatic carbocycles. The number of nitrogens with zero attached hydrogens (tertiary/aromatic N) is 2. The Hall–Kier alpha value is -2.05. The summed E-state index contributed by atoms with van der Waals surface area (Å²) in [6.07, 6.45) is 0. The largest absolute Gasteiger partial charge is 0.331 e. The molecule has 0 fully saturated rings. The molecule has 7 heteroatoms. The first-order valence-electron chi connectivity index (χ1n) is 6.58. The topological polar surface area (TPSA) is 64.0 Å². The number of imidazole rings is 1. The molecule has 0 aliphatic heterocycles. The number of anilines is 1. The van der Waals surface area contributed by atoms with Crippen LogP contribution in [0, 0.1) is 6.92 Å². The van der Waals surface area contributed by atoms with E-state index >= 15 is 0 Å². The van der Waals surface area contributed by atoms with Crippen molar-refractivity contribution in [1.82, 2.24) is 9.55 Å². The van der Waals surface area contributed by atoms with Crippen molar-refractivity contribution < 1.29 is 8.42 Å². The lowest BCUT2D eigenvalue weighted by atomic mass is 10.3. The van der Waals surface area contributed by atoms with Gasteiger partial charge in [0.15, 0.2) is 0 Å². The van der Waals surface area contributed by atoms with Gasteiger partial charge in [-0.1, -0.05) is 17.7 Å². The smallest absolute Gasteiger partial charge is 0.261 e. The van der Waals surface area contributed by atoms with Gasteiger partial charge in [-0.15, -0.1) is 0 Å². The fourth-order valence-corrected chi connectivity index (χ4v) is 3.49. The molecule has 0 amide bonds. The fraction of sp³-hybridized carbons (Fsp3) is 0.133. The molecule has 2 aromatic carbocycles. The van der Waals surface area contributed by atoms with Crippen LogP contribution < -0.4 is 4.72 Å². The quantitative estimate of drug-likeness (QED) is 0.798. The maximum atomic E-state index is 12.5. The Morgan fingerprint density at radius 1 is 1.18 bits per heavy atom. The Labute approximate surface area is 133 Å². The van der Waals surface area contributed by atoms with Crippen molar-refractivity contribution in [3.05, 3.63) is 53.3 Å². The molecule has 3 rings (SSSR count). The average Bonchev–Trinajstić information content (AvgIpc) is 2.73. The molecule has 1 heterocycles. The van der Waals surface area contributed by atoms with Crippen LogP contribution >= 0.6 is 11.6 Å². The van der Waals surface area contributed by atoms with Crippen LogP contribution in [0.15, 0.2) is 47.4 Å². The van der Waals surface area contributed by atoms with Crippen LogP contribution in [0.2, 0.25) is 5.02 Å². The van der Waals surface area contributed by atoms with Crippen molar-refractivity contribution >= 4 is 38.3 Å². The van der Waals surface area contributed by atoms with Crippen molar-refractivity contribution in [2.75, 3.05) is 4.72 Å². The Morgan fingerprint density at radius 2 is 1.95 bits per heavy atom. The first-order valence-corrected chi connectivity index (χ1v) is 8.44. The lowest BCUT2D eigenvalue weighted by Gasteiger charge is -2.08. The van der Waals surface area contributed by atoms with Gasteiger partial charge in [0.25, 0.3) is 10.0 Å². The van der Waals surface area contributed by atoms with Crippen LogP contribution in [-0.2, 0) is 17.1 Å². The SMILES string of the molecule is Cc1nc2cc(S(=O)(=O)Nc3cccc(Cl)c3)ccc2n1C. The Balaban J connectivity index is 2.01. The third-order valence-corrected chi connectivity index (χ3v) is 5.08. The average molecular weight is 336 g/mol. The van der Waals surface area contributed by atoms with Crippen LogP contribution in [0.5, 0.6) is 0 Å². The van der Waals surface area contributed by atoms with E-state index in [0.29, 0.717) is 16.2 Å². The highest BCUT2D eigenvalue weighted by molar-refractivity contribution is 7.92. The first kappa shape index (κ1) is 14.9. The minimum absolute atomic E-state index is 0.165. The van der Waals surface area contributed by atoms with Crippen LogP contribution in [0.3, 0.4) is 0 Å². The number of benzene rings is 2. The van der Waals surface area contributed by atoms with Crippen molar-refractivity contribution in [1.29, 1.82) is 0 Å². The number of rotatable bonds is 3. The maximum Gasteiger partial charge on any atom is 0.261 e. The molecule has 22 heavy (non-hydrogen) atoms. The Bertz CT molecular complexity index is 964. The van der Waals surface area contributed by atoms with Crippen LogP contribution in [0.25, 0.3) is 11.0 Å². The molecule has 0 atom stereocenters. The van der Waals surface area contributed by atoms with Crippen molar-refractivity contribution in [2.24, 2.45) is 7.05 Å². The second kappa shape index (κ2) is 5.30.